The molecule has 0 unspecified atom stereocenters. The van der Waals surface area contributed by atoms with Crippen LogP contribution in [-0.4, -0.2) is 25.6 Å². The van der Waals surface area contributed by atoms with Crippen LogP contribution in [0.4, 0.5) is 0 Å². The first kappa shape index (κ1) is 14.2. The van der Waals surface area contributed by atoms with E-state index < -0.39 is 9.05 Å². The Hall–Kier alpha value is 0.250. The van der Waals surface area contributed by atoms with Gasteiger partial charge in [0.05, 0.1) is 0 Å². The van der Waals surface area contributed by atoms with E-state index in [0.717, 1.165) is 42.5 Å². The lowest BCUT2D eigenvalue weighted by molar-refractivity contribution is 0.450. The molecular weight excluding hydrogens is 222 g/mol. The molecule has 0 atom stereocenters. The minimum Gasteiger partial charge on any atom is -0.330 e. The minimum absolute atomic E-state index is 0.544. The average molecular weight is 242 g/mol. The van der Waals surface area contributed by atoms with Crippen molar-refractivity contribution in [2.24, 2.45) is 5.73 Å². The van der Waals surface area contributed by atoms with Gasteiger partial charge in [-0.25, -0.2) is 0 Å². The van der Waals surface area contributed by atoms with Crippen LogP contribution in [0.5, 0.6) is 0 Å². The molecule has 0 saturated heterocycles. The SMILES string of the molecule is NCCCCCCCC[S+]=S(=O)(O)O. The largest absolute Gasteiger partial charge is 0.430 e. The van der Waals surface area contributed by atoms with Gasteiger partial charge in [0.15, 0.2) is 5.75 Å². The van der Waals surface area contributed by atoms with Crippen molar-refractivity contribution in [3.8, 4) is 0 Å². The first-order valence-corrected chi connectivity index (χ1v) is 7.87. The summed E-state index contributed by atoms with van der Waals surface area (Å²) in [6.45, 7) is 0.757. The van der Waals surface area contributed by atoms with Gasteiger partial charge in [0.2, 0.25) is 0 Å². The van der Waals surface area contributed by atoms with E-state index in [0.29, 0.717) is 5.75 Å². The van der Waals surface area contributed by atoms with Crippen molar-refractivity contribution in [2.75, 3.05) is 12.3 Å². The summed E-state index contributed by atoms with van der Waals surface area (Å²) in [5.41, 5.74) is 5.35. The molecule has 0 aromatic carbocycles. The van der Waals surface area contributed by atoms with Crippen molar-refractivity contribution < 1.29 is 13.3 Å². The van der Waals surface area contributed by atoms with Gasteiger partial charge in [-0.3, -0.25) is 9.11 Å². The Labute approximate surface area is 89.6 Å². The van der Waals surface area contributed by atoms with Gasteiger partial charge >= 0.3 is 9.05 Å². The topological polar surface area (TPSA) is 83.6 Å². The van der Waals surface area contributed by atoms with Gasteiger partial charge in [0.25, 0.3) is 10.3 Å². The highest BCUT2D eigenvalue weighted by Crippen LogP contribution is 2.04. The minimum atomic E-state index is -3.58. The molecule has 0 aliphatic carbocycles. The number of hydrogen-bond donors (Lipinski definition) is 3. The fraction of sp³-hybridized carbons (Fsp3) is 1.00. The van der Waals surface area contributed by atoms with Crippen molar-refractivity contribution >= 4 is 19.4 Å². The van der Waals surface area contributed by atoms with Crippen LogP contribution in [-0.2, 0) is 19.4 Å². The van der Waals surface area contributed by atoms with Gasteiger partial charge < -0.3 is 5.73 Å². The third kappa shape index (κ3) is 12.2. The van der Waals surface area contributed by atoms with Crippen LogP contribution in [0.1, 0.15) is 38.5 Å². The number of hydrogen-bond acceptors (Lipinski definition) is 2. The maximum Gasteiger partial charge on any atom is 0.430 e. The van der Waals surface area contributed by atoms with E-state index in [9.17, 15) is 4.21 Å². The molecule has 0 aromatic heterocycles. The lowest BCUT2D eigenvalue weighted by Crippen LogP contribution is -1.98. The van der Waals surface area contributed by atoms with Crippen LogP contribution in [0, 0.1) is 0 Å². The van der Waals surface area contributed by atoms with Crippen LogP contribution < -0.4 is 5.73 Å². The lowest BCUT2D eigenvalue weighted by atomic mass is 10.1. The van der Waals surface area contributed by atoms with Gasteiger partial charge in [0.1, 0.15) is 0 Å². The highest BCUT2D eigenvalue weighted by molar-refractivity contribution is 8.34. The Morgan fingerprint density at radius 1 is 1.00 bits per heavy atom. The highest BCUT2D eigenvalue weighted by atomic mass is 32.9. The summed E-state index contributed by atoms with van der Waals surface area (Å²) in [4.78, 5) is 0. The summed E-state index contributed by atoms with van der Waals surface area (Å²) in [6, 6.07) is 0. The molecule has 0 bridgehead atoms. The third-order valence-electron chi connectivity index (χ3n) is 1.84. The highest BCUT2D eigenvalue weighted by Gasteiger charge is 2.08. The van der Waals surface area contributed by atoms with Gasteiger partial charge in [-0.1, -0.05) is 19.3 Å². The van der Waals surface area contributed by atoms with Crippen molar-refractivity contribution in [2.45, 2.75) is 38.5 Å². The molecule has 4 N–H and O–H groups in total. The standard InChI is InChI=1S/C8H19NO3S2/c9-7-5-3-1-2-4-6-8-13-14(10,11)12/h1-9H2,(H-,10,11,12)/p+1. The Morgan fingerprint density at radius 2 is 1.50 bits per heavy atom. The summed E-state index contributed by atoms with van der Waals surface area (Å²) in [6.07, 6.45) is 6.49. The molecule has 0 rings (SSSR count). The number of unbranched alkanes of at least 4 members (excludes halogenated alkanes) is 5. The zero-order valence-corrected chi connectivity index (χ0v) is 9.99. The Bertz CT molecular complexity index is 229. The van der Waals surface area contributed by atoms with Gasteiger partial charge in [-0.2, -0.15) is 4.21 Å². The van der Waals surface area contributed by atoms with E-state index in [1.165, 1.54) is 12.8 Å². The summed E-state index contributed by atoms with van der Waals surface area (Å²) >= 11 is 0. The Kier molecular flexibility index (Phi) is 8.70. The summed E-state index contributed by atoms with van der Waals surface area (Å²) in [5, 5.41) is 0. The van der Waals surface area contributed by atoms with E-state index in [2.05, 4.69) is 0 Å². The van der Waals surface area contributed by atoms with E-state index in [1.807, 2.05) is 0 Å². The Balaban J connectivity index is 3.19. The fourth-order valence-electron chi connectivity index (χ4n) is 1.12. The monoisotopic (exact) mass is 242 g/mol. The predicted molar refractivity (Wildman–Crippen MR) is 62.4 cm³/mol. The maximum absolute atomic E-state index is 10.4. The van der Waals surface area contributed by atoms with E-state index in [1.54, 1.807) is 0 Å². The van der Waals surface area contributed by atoms with Crippen molar-refractivity contribution in [1.29, 1.82) is 0 Å². The van der Waals surface area contributed by atoms with Crippen LogP contribution in [0.25, 0.3) is 0 Å². The van der Waals surface area contributed by atoms with Crippen molar-refractivity contribution in [1.82, 2.24) is 0 Å². The molecule has 0 aromatic rings. The van der Waals surface area contributed by atoms with Gasteiger partial charge in [0, 0.05) is 6.42 Å². The Morgan fingerprint density at radius 3 is 2.00 bits per heavy atom. The second-order valence-corrected chi connectivity index (χ2v) is 6.73. The molecule has 0 spiro atoms. The molecule has 6 heteroatoms. The van der Waals surface area contributed by atoms with E-state index in [-0.39, 0.29) is 0 Å². The molecule has 0 aliphatic rings. The molecule has 0 fully saturated rings. The van der Waals surface area contributed by atoms with E-state index >= 15 is 0 Å². The average Bonchev–Trinajstić information content (AvgIpc) is 2.08. The number of rotatable bonds is 8. The smallest absolute Gasteiger partial charge is 0.330 e. The zero-order chi connectivity index (χ0) is 10.9. The fourth-order valence-corrected chi connectivity index (χ4v) is 2.66. The first-order chi connectivity index (χ1) is 6.56. The second kappa shape index (κ2) is 8.55. The van der Waals surface area contributed by atoms with Gasteiger partial charge in [-0.15, -0.1) is 0 Å². The van der Waals surface area contributed by atoms with Crippen LogP contribution in [0.2, 0.25) is 0 Å². The summed E-state index contributed by atoms with van der Waals surface area (Å²) < 4.78 is 27.5. The van der Waals surface area contributed by atoms with Crippen LogP contribution >= 0.6 is 0 Å². The molecule has 14 heavy (non-hydrogen) atoms. The molecular formula is C8H20NO3S2+. The maximum atomic E-state index is 10.4. The summed E-state index contributed by atoms with van der Waals surface area (Å²) in [7, 11) is -2.85. The summed E-state index contributed by atoms with van der Waals surface area (Å²) in [5.74, 6) is 0.544. The van der Waals surface area contributed by atoms with Crippen LogP contribution in [0.15, 0.2) is 0 Å². The second-order valence-electron chi connectivity index (χ2n) is 3.18. The quantitative estimate of drug-likeness (QED) is 0.445. The molecule has 0 amide bonds. The van der Waals surface area contributed by atoms with E-state index in [4.69, 9.17) is 14.8 Å². The normalized spacial score (nSPS) is 11.6. The third-order valence-corrected chi connectivity index (χ3v) is 4.02. The van der Waals surface area contributed by atoms with Crippen molar-refractivity contribution in [3.63, 3.8) is 0 Å². The molecule has 0 radical (unpaired) electrons. The zero-order valence-electron chi connectivity index (χ0n) is 8.35. The number of nitrogens with two attached hydrogens (primary N) is 1. The lowest BCUT2D eigenvalue weighted by Gasteiger charge is -1.96. The van der Waals surface area contributed by atoms with Crippen LogP contribution in [0.3, 0.4) is 0 Å². The molecule has 86 valence electrons. The molecule has 0 aliphatic heterocycles. The van der Waals surface area contributed by atoms with Gasteiger partial charge in [-0.05, 0) is 19.4 Å². The molecule has 4 nitrogen and oxygen atoms in total. The van der Waals surface area contributed by atoms with Crippen molar-refractivity contribution in [3.05, 3.63) is 0 Å². The predicted octanol–water partition coefficient (Wildman–Crippen LogP) is 1.51. The first-order valence-electron chi connectivity index (χ1n) is 4.90. The molecule has 0 saturated carbocycles. The molecule has 0 heterocycles.